The van der Waals surface area contributed by atoms with E-state index < -0.39 is 0 Å². The molecule has 0 radical (unpaired) electrons. The Morgan fingerprint density at radius 3 is 2.37 bits per heavy atom. The predicted molar refractivity (Wildman–Crippen MR) is 117 cm³/mol. The van der Waals surface area contributed by atoms with Crippen LogP contribution in [0.15, 0.2) is 42.5 Å². The molecule has 1 aliphatic heterocycles. The Hall–Kier alpha value is -2.70. The highest BCUT2D eigenvalue weighted by Crippen LogP contribution is 2.19. The van der Waals surface area contributed by atoms with E-state index in [0.29, 0.717) is 6.54 Å². The summed E-state index contributed by atoms with van der Waals surface area (Å²) in [7, 11) is 1.67. The molecule has 1 heterocycles. The highest BCUT2D eigenvalue weighted by Gasteiger charge is 2.26. The van der Waals surface area contributed by atoms with Gasteiger partial charge in [-0.25, -0.2) is 0 Å². The fourth-order valence-corrected chi connectivity index (χ4v) is 4.09. The Kier molecular flexibility index (Phi) is 7.60. The number of aryl methyl sites for hydroxylation is 1. The Morgan fingerprint density at radius 1 is 1.00 bits per heavy atom. The number of amides is 1. The number of benzene rings is 2. The van der Waals surface area contributed by atoms with Gasteiger partial charge in [0.05, 0.1) is 7.11 Å². The lowest BCUT2D eigenvalue weighted by molar-refractivity contribution is -1.02. The molecule has 6 nitrogen and oxygen atoms in total. The second-order valence-electron chi connectivity index (χ2n) is 8.00. The molecule has 0 saturated carbocycles. The molecule has 1 aliphatic rings. The molecular formula is C24H33N3O3+2. The molecular weight excluding hydrogens is 378 g/mol. The van der Waals surface area contributed by atoms with Crippen LogP contribution in [0, 0.1) is 0 Å². The number of Topliss-reactive ketones (excluding diaryl/α,β-unsaturated/α-hetero) is 1. The van der Waals surface area contributed by atoms with E-state index in [2.05, 4.69) is 18.3 Å². The fourth-order valence-electron chi connectivity index (χ4n) is 4.09. The van der Waals surface area contributed by atoms with E-state index in [4.69, 9.17) is 4.74 Å². The smallest absolute Gasteiger partial charge is 0.279 e. The van der Waals surface area contributed by atoms with E-state index in [1.54, 1.807) is 14.0 Å². The molecule has 1 saturated heterocycles. The summed E-state index contributed by atoms with van der Waals surface area (Å²) in [6.45, 7) is 8.88. The molecule has 0 unspecified atom stereocenters. The van der Waals surface area contributed by atoms with E-state index in [0.717, 1.165) is 67.3 Å². The number of rotatable bonds is 8. The SMILES string of the molecule is CCc1ccccc1NC(=O)C[NH+]1CC[NH+](Cc2cc(C(C)=O)ccc2OC)CC1. The highest BCUT2D eigenvalue weighted by atomic mass is 16.5. The summed E-state index contributed by atoms with van der Waals surface area (Å²) in [5, 5.41) is 3.08. The Labute approximate surface area is 178 Å². The van der Waals surface area contributed by atoms with Crippen molar-refractivity contribution in [3.05, 3.63) is 59.2 Å². The predicted octanol–water partition coefficient (Wildman–Crippen LogP) is 0.382. The number of hydrogen-bond donors (Lipinski definition) is 3. The van der Waals surface area contributed by atoms with Gasteiger partial charge in [0.25, 0.3) is 5.91 Å². The monoisotopic (exact) mass is 411 g/mol. The largest absolute Gasteiger partial charge is 0.496 e. The van der Waals surface area contributed by atoms with Crippen molar-refractivity contribution in [2.75, 3.05) is 45.2 Å². The van der Waals surface area contributed by atoms with E-state index in [9.17, 15) is 9.59 Å². The number of ether oxygens (including phenoxy) is 1. The summed E-state index contributed by atoms with van der Waals surface area (Å²) in [4.78, 5) is 27.0. The number of anilines is 1. The summed E-state index contributed by atoms with van der Waals surface area (Å²) in [5.74, 6) is 0.972. The van der Waals surface area contributed by atoms with Crippen molar-refractivity contribution in [3.63, 3.8) is 0 Å². The van der Waals surface area contributed by atoms with Crippen molar-refractivity contribution >= 4 is 17.4 Å². The summed E-state index contributed by atoms with van der Waals surface area (Å²) < 4.78 is 5.49. The van der Waals surface area contributed by atoms with Crippen LogP contribution in [-0.4, -0.2) is 51.5 Å². The summed E-state index contributed by atoms with van der Waals surface area (Å²) in [6.07, 6.45) is 0.902. The van der Waals surface area contributed by atoms with Gasteiger partial charge in [0.2, 0.25) is 0 Å². The summed E-state index contributed by atoms with van der Waals surface area (Å²) in [6, 6.07) is 13.6. The molecule has 0 spiro atoms. The van der Waals surface area contributed by atoms with Gasteiger partial charge >= 0.3 is 0 Å². The topological polar surface area (TPSA) is 64.3 Å². The second kappa shape index (κ2) is 10.4. The van der Waals surface area contributed by atoms with Gasteiger partial charge in [-0.2, -0.15) is 0 Å². The van der Waals surface area contributed by atoms with Crippen LogP contribution in [0.5, 0.6) is 5.75 Å². The minimum absolute atomic E-state index is 0.0684. The van der Waals surface area contributed by atoms with Gasteiger partial charge in [0, 0.05) is 16.8 Å². The number of nitrogens with one attached hydrogen (secondary N) is 3. The molecule has 2 aromatic carbocycles. The molecule has 0 aliphatic carbocycles. The number of quaternary nitrogens is 2. The number of ketones is 1. The molecule has 160 valence electrons. The quantitative estimate of drug-likeness (QED) is 0.551. The Morgan fingerprint density at radius 2 is 1.70 bits per heavy atom. The van der Waals surface area contributed by atoms with Gasteiger partial charge in [-0.05, 0) is 43.2 Å². The first kappa shape index (κ1) is 22.0. The molecule has 2 aromatic rings. The van der Waals surface area contributed by atoms with Crippen LogP contribution in [-0.2, 0) is 17.8 Å². The number of methoxy groups -OCH3 is 1. The number of carbonyl (C=O) groups is 2. The molecule has 6 heteroatoms. The molecule has 3 rings (SSSR count). The third-order valence-electron chi connectivity index (χ3n) is 5.87. The van der Waals surface area contributed by atoms with Gasteiger partial charge in [0.1, 0.15) is 38.5 Å². The second-order valence-corrected chi connectivity index (χ2v) is 8.00. The van der Waals surface area contributed by atoms with Gasteiger partial charge in [-0.3, -0.25) is 9.59 Å². The van der Waals surface area contributed by atoms with Gasteiger partial charge in [-0.1, -0.05) is 25.1 Å². The minimum atomic E-state index is 0.0684. The summed E-state index contributed by atoms with van der Waals surface area (Å²) >= 11 is 0. The van der Waals surface area contributed by atoms with Crippen LogP contribution in [0.25, 0.3) is 0 Å². The van der Waals surface area contributed by atoms with E-state index >= 15 is 0 Å². The third kappa shape index (κ3) is 5.68. The number of piperazine rings is 1. The average molecular weight is 412 g/mol. The molecule has 0 atom stereocenters. The van der Waals surface area contributed by atoms with Crippen LogP contribution >= 0.6 is 0 Å². The number of hydrogen-bond acceptors (Lipinski definition) is 3. The van der Waals surface area contributed by atoms with Crippen LogP contribution in [0.3, 0.4) is 0 Å². The Balaban J connectivity index is 1.52. The van der Waals surface area contributed by atoms with Crippen LogP contribution in [0.2, 0.25) is 0 Å². The van der Waals surface area contributed by atoms with E-state index in [1.807, 2.05) is 36.4 Å². The molecule has 0 aromatic heterocycles. The van der Waals surface area contributed by atoms with Gasteiger partial charge in [0.15, 0.2) is 12.3 Å². The minimum Gasteiger partial charge on any atom is -0.496 e. The fraction of sp³-hybridized carbons (Fsp3) is 0.417. The summed E-state index contributed by atoms with van der Waals surface area (Å²) in [5.41, 5.74) is 3.87. The van der Waals surface area contributed by atoms with Crippen LogP contribution in [0.1, 0.15) is 35.3 Å². The zero-order valence-corrected chi connectivity index (χ0v) is 18.2. The lowest BCUT2D eigenvalue weighted by atomic mass is 10.1. The number of carbonyl (C=O) groups excluding carboxylic acids is 2. The van der Waals surface area contributed by atoms with Gasteiger partial charge in [-0.15, -0.1) is 0 Å². The average Bonchev–Trinajstić information content (AvgIpc) is 2.75. The maximum absolute atomic E-state index is 12.5. The van der Waals surface area contributed by atoms with Crippen molar-refractivity contribution in [2.45, 2.75) is 26.8 Å². The van der Waals surface area contributed by atoms with Gasteiger partial charge < -0.3 is 19.9 Å². The van der Waals surface area contributed by atoms with E-state index in [1.165, 1.54) is 9.80 Å². The molecule has 1 amide bonds. The standard InChI is InChI=1S/C24H31N3O3/c1-4-19-7-5-6-8-22(19)25-24(29)17-27-13-11-26(12-14-27)16-21-15-20(18(2)28)9-10-23(21)30-3/h5-10,15H,4,11-14,16-17H2,1-3H3,(H,25,29)/p+2. The molecule has 1 fully saturated rings. The first-order valence-electron chi connectivity index (χ1n) is 10.7. The van der Waals surface area contributed by atoms with Crippen molar-refractivity contribution in [1.29, 1.82) is 0 Å². The lowest BCUT2D eigenvalue weighted by Crippen LogP contribution is -3.28. The first-order valence-corrected chi connectivity index (χ1v) is 10.7. The highest BCUT2D eigenvalue weighted by molar-refractivity contribution is 5.94. The third-order valence-corrected chi connectivity index (χ3v) is 5.87. The molecule has 3 N–H and O–H groups in total. The van der Waals surface area contributed by atoms with Crippen molar-refractivity contribution in [3.8, 4) is 5.75 Å². The Bertz CT molecular complexity index is 889. The van der Waals surface area contributed by atoms with Crippen molar-refractivity contribution in [2.24, 2.45) is 0 Å². The molecule has 0 bridgehead atoms. The normalized spacial score (nSPS) is 18.6. The maximum Gasteiger partial charge on any atom is 0.279 e. The van der Waals surface area contributed by atoms with Crippen LogP contribution in [0.4, 0.5) is 5.69 Å². The van der Waals surface area contributed by atoms with Crippen LogP contribution < -0.4 is 19.9 Å². The zero-order chi connectivity index (χ0) is 21.5. The maximum atomic E-state index is 12.5. The van der Waals surface area contributed by atoms with E-state index in [-0.39, 0.29) is 11.7 Å². The lowest BCUT2D eigenvalue weighted by Gasteiger charge is -2.29. The van der Waals surface area contributed by atoms with Crippen molar-refractivity contribution in [1.82, 2.24) is 0 Å². The molecule has 30 heavy (non-hydrogen) atoms. The zero-order valence-electron chi connectivity index (χ0n) is 18.2. The number of para-hydroxylation sites is 1. The van der Waals surface area contributed by atoms with Crippen molar-refractivity contribution < 1.29 is 24.1 Å². The first-order chi connectivity index (χ1) is 14.5.